The van der Waals surface area contributed by atoms with Gasteiger partial charge in [-0.2, -0.15) is 0 Å². The van der Waals surface area contributed by atoms with Crippen LogP contribution in [-0.2, 0) is 0 Å². The number of rotatable bonds is 0. The van der Waals surface area contributed by atoms with Gasteiger partial charge in [-0.3, -0.25) is 9.59 Å². The van der Waals surface area contributed by atoms with Crippen molar-refractivity contribution < 1.29 is 14.7 Å². The highest BCUT2D eigenvalue weighted by atomic mass is 16.3. The van der Waals surface area contributed by atoms with E-state index in [0.29, 0.717) is 16.5 Å². The first-order valence-corrected chi connectivity index (χ1v) is 5.61. The van der Waals surface area contributed by atoms with Crippen molar-refractivity contribution in [2.24, 2.45) is 0 Å². The standard InChI is InChI=1S/C15H10O3/c1-8-6-11-12(16)7-13(17)15(18)14(11)10-5-3-2-4-9(8)10/h2-7,17H,1H3. The molecule has 1 aliphatic rings. The number of carbonyl (C=O) groups is 2. The van der Waals surface area contributed by atoms with Crippen LogP contribution in [0.1, 0.15) is 26.3 Å². The largest absolute Gasteiger partial charge is 0.504 e. The van der Waals surface area contributed by atoms with Crippen LogP contribution in [0, 0.1) is 6.92 Å². The van der Waals surface area contributed by atoms with E-state index in [4.69, 9.17) is 0 Å². The van der Waals surface area contributed by atoms with Gasteiger partial charge in [-0.15, -0.1) is 0 Å². The Morgan fingerprint density at radius 1 is 1.06 bits per heavy atom. The normalized spacial score (nSPS) is 14.6. The molecule has 0 aliphatic heterocycles. The third kappa shape index (κ3) is 1.31. The van der Waals surface area contributed by atoms with E-state index in [1.807, 2.05) is 25.1 Å². The van der Waals surface area contributed by atoms with E-state index in [9.17, 15) is 14.7 Å². The maximum absolute atomic E-state index is 12.0. The maximum Gasteiger partial charge on any atom is 0.228 e. The number of Topliss-reactive ketones (excluding diaryl/α,β-unsaturated/α-hetero) is 1. The third-order valence-electron chi connectivity index (χ3n) is 3.24. The Bertz CT molecular complexity index is 739. The van der Waals surface area contributed by atoms with Crippen molar-refractivity contribution in [3.8, 4) is 0 Å². The fourth-order valence-electron chi connectivity index (χ4n) is 2.39. The first-order chi connectivity index (χ1) is 8.59. The SMILES string of the molecule is Cc1cc2c(c3ccccc13)C(=O)C(O)=CC2=O. The lowest BCUT2D eigenvalue weighted by Gasteiger charge is -2.15. The zero-order valence-corrected chi connectivity index (χ0v) is 9.73. The average molecular weight is 238 g/mol. The van der Waals surface area contributed by atoms with E-state index in [-0.39, 0.29) is 5.78 Å². The minimum atomic E-state index is -0.485. The molecule has 1 N–H and O–H groups in total. The molecule has 0 aromatic heterocycles. The van der Waals surface area contributed by atoms with E-state index < -0.39 is 11.5 Å². The molecule has 0 amide bonds. The number of carbonyl (C=O) groups excluding carboxylic acids is 2. The molecule has 0 saturated carbocycles. The summed E-state index contributed by atoms with van der Waals surface area (Å²) >= 11 is 0. The summed E-state index contributed by atoms with van der Waals surface area (Å²) in [5.74, 6) is -1.29. The van der Waals surface area contributed by atoms with Crippen LogP contribution < -0.4 is 0 Å². The van der Waals surface area contributed by atoms with Gasteiger partial charge in [-0.1, -0.05) is 24.3 Å². The number of hydrogen-bond donors (Lipinski definition) is 1. The third-order valence-corrected chi connectivity index (χ3v) is 3.24. The molecule has 3 rings (SSSR count). The minimum Gasteiger partial charge on any atom is -0.504 e. The van der Waals surface area contributed by atoms with Gasteiger partial charge in [0.05, 0.1) is 0 Å². The van der Waals surface area contributed by atoms with Crippen molar-refractivity contribution in [1.29, 1.82) is 0 Å². The lowest BCUT2D eigenvalue weighted by atomic mass is 9.87. The second kappa shape index (κ2) is 3.53. The van der Waals surface area contributed by atoms with Crippen molar-refractivity contribution in [3.63, 3.8) is 0 Å². The van der Waals surface area contributed by atoms with Gasteiger partial charge < -0.3 is 5.11 Å². The quantitative estimate of drug-likeness (QED) is 0.767. The average Bonchev–Trinajstić information content (AvgIpc) is 2.36. The van der Waals surface area contributed by atoms with Gasteiger partial charge >= 0.3 is 0 Å². The summed E-state index contributed by atoms with van der Waals surface area (Å²) in [6, 6.07) is 9.10. The highest BCUT2D eigenvalue weighted by Crippen LogP contribution is 2.30. The minimum absolute atomic E-state index is 0.307. The van der Waals surface area contributed by atoms with Crippen LogP contribution >= 0.6 is 0 Å². The first kappa shape index (κ1) is 10.7. The summed E-state index contributed by atoms with van der Waals surface area (Å²) < 4.78 is 0. The number of allylic oxidation sites excluding steroid dienone is 2. The first-order valence-electron chi connectivity index (χ1n) is 5.61. The fraction of sp³-hybridized carbons (Fsp3) is 0.0667. The monoisotopic (exact) mass is 238 g/mol. The molecular formula is C15H10O3. The van der Waals surface area contributed by atoms with Gasteiger partial charge in [-0.05, 0) is 29.3 Å². The second-order valence-electron chi connectivity index (χ2n) is 4.38. The van der Waals surface area contributed by atoms with Crippen molar-refractivity contribution in [2.75, 3.05) is 0 Å². The molecule has 3 heteroatoms. The van der Waals surface area contributed by atoms with E-state index in [0.717, 1.165) is 17.0 Å². The topological polar surface area (TPSA) is 54.4 Å². The van der Waals surface area contributed by atoms with Crippen LogP contribution in [0.4, 0.5) is 0 Å². The van der Waals surface area contributed by atoms with Crippen LogP contribution in [0.15, 0.2) is 42.2 Å². The van der Waals surface area contributed by atoms with Gasteiger partial charge in [-0.25, -0.2) is 0 Å². The number of aliphatic hydroxyl groups excluding tert-OH is 1. The van der Waals surface area contributed by atoms with Gasteiger partial charge in [0.15, 0.2) is 11.5 Å². The van der Waals surface area contributed by atoms with Crippen LogP contribution in [0.3, 0.4) is 0 Å². The lowest BCUT2D eigenvalue weighted by molar-refractivity contribution is 0.0941. The second-order valence-corrected chi connectivity index (χ2v) is 4.38. The van der Waals surface area contributed by atoms with E-state index >= 15 is 0 Å². The van der Waals surface area contributed by atoms with Crippen LogP contribution in [0.25, 0.3) is 10.8 Å². The van der Waals surface area contributed by atoms with Gasteiger partial charge in [0.25, 0.3) is 0 Å². The summed E-state index contributed by atoms with van der Waals surface area (Å²) in [5.41, 5.74) is 1.62. The molecule has 3 nitrogen and oxygen atoms in total. The molecule has 0 atom stereocenters. The summed E-state index contributed by atoms with van der Waals surface area (Å²) in [7, 11) is 0. The molecule has 0 heterocycles. The Morgan fingerprint density at radius 3 is 2.44 bits per heavy atom. The lowest BCUT2D eigenvalue weighted by Crippen LogP contribution is -2.17. The Morgan fingerprint density at radius 2 is 1.72 bits per heavy atom. The summed E-state index contributed by atoms with van der Waals surface area (Å²) in [4.78, 5) is 23.9. The highest BCUT2D eigenvalue weighted by Gasteiger charge is 2.27. The molecule has 2 aromatic rings. The molecule has 1 aliphatic carbocycles. The maximum atomic E-state index is 12.0. The van der Waals surface area contributed by atoms with Crippen molar-refractivity contribution >= 4 is 22.3 Å². The Labute approximate surface area is 103 Å². The van der Waals surface area contributed by atoms with Crippen molar-refractivity contribution in [3.05, 3.63) is 58.9 Å². The fourth-order valence-corrected chi connectivity index (χ4v) is 2.39. The van der Waals surface area contributed by atoms with Gasteiger partial charge in [0, 0.05) is 17.2 Å². The van der Waals surface area contributed by atoms with Crippen LogP contribution in [-0.4, -0.2) is 16.7 Å². The summed E-state index contributed by atoms with van der Waals surface area (Å²) in [5, 5.41) is 11.2. The predicted molar refractivity (Wildman–Crippen MR) is 68.1 cm³/mol. The Kier molecular flexibility index (Phi) is 2.10. The predicted octanol–water partition coefficient (Wildman–Crippen LogP) is 2.97. The summed E-state index contributed by atoms with van der Waals surface area (Å²) in [6.07, 6.45) is 0.985. The molecule has 0 spiro atoms. The van der Waals surface area contributed by atoms with E-state index in [1.165, 1.54) is 0 Å². The van der Waals surface area contributed by atoms with Crippen molar-refractivity contribution in [2.45, 2.75) is 6.92 Å². The molecule has 2 aromatic carbocycles. The zero-order valence-electron chi connectivity index (χ0n) is 9.73. The molecule has 0 bridgehead atoms. The molecule has 0 saturated heterocycles. The van der Waals surface area contributed by atoms with Gasteiger partial charge in [0.1, 0.15) is 0 Å². The number of hydrogen-bond acceptors (Lipinski definition) is 3. The van der Waals surface area contributed by atoms with E-state index in [2.05, 4.69) is 0 Å². The zero-order chi connectivity index (χ0) is 12.9. The summed E-state index contributed by atoms with van der Waals surface area (Å²) in [6.45, 7) is 1.90. The number of benzene rings is 2. The Hall–Kier alpha value is -2.42. The molecule has 0 radical (unpaired) electrons. The van der Waals surface area contributed by atoms with Crippen molar-refractivity contribution in [1.82, 2.24) is 0 Å². The number of aryl methyl sites for hydroxylation is 1. The number of ketones is 2. The molecule has 0 unspecified atom stereocenters. The van der Waals surface area contributed by atoms with Crippen LogP contribution in [0.2, 0.25) is 0 Å². The highest BCUT2D eigenvalue weighted by molar-refractivity contribution is 6.28. The molecule has 88 valence electrons. The van der Waals surface area contributed by atoms with E-state index in [1.54, 1.807) is 12.1 Å². The molecule has 18 heavy (non-hydrogen) atoms. The smallest absolute Gasteiger partial charge is 0.228 e. The molecule has 0 fully saturated rings. The molecular weight excluding hydrogens is 228 g/mol. The number of aliphatic hydroxyl groups is 1. The number of fused-ring (bicyclic) bond motifs is 3. The Balaban J connectivity index is 2.50. The van der Waals surface area contributed by atoms with Crippen LogP contribution in [0.5, 0.6) is 0 Å². The van der Waals surface area contributed by atoms with Gasteiger partial charge in [0.2, 0.25) is 5.78 Å².